The van der Waals surface area contributed by atoms with E-state index in [9.17, 15) is 13.2 Å². The van der Waals surface area contributed by atoms with Crippen LogP contribution in [0.15, 0.2) is 11.4 Å². The molecule has 1 rings (SSSR count). The molecule has 0 amide bonds. The predicted molar refractivity (Wildman–Crippen MR) is 60.8 cm³/mol. The van der Waals surface area contributed by atoms with Crippen molar-refractivity contribution in [3.63, 3.8) is 0 Å². The smallest absolute Gasteiger partial charge is 0.310 e. The number of alkyl halides is 3. The number of halogens is 3. The lowest BCUT2D eigenvalue weighted by Crippen LogP contribution is -2.27. The van der Waals surface area contributed by atoms with Gasteiger partial charge in [-0.3, -0.25) is 0 Å². The summed E-state index contributed by atoms with van der Waals surface area (Å²) in [6.07, 6.45) is -4.10. The van der Waals surface area contributed by atoms with Gasteiger partial charge in [-0.2, -0.15) is 13.2 Å². The van der Waals surface area contributed by atoms with E-state index in [4.69, 9.17) is 0 Å². The minimum Gasteiger partial charge on any atom is -0.310 e. The van der Waals surface area contributed by atoms with Crippen molar-refractivity contribution in [2.45, 2.75) is 38.9 Å². The van der Waals surface area contributed by atoms with Crippen molar-refractivity contribution in [1.82, 2.24) is 5.32 Å². The first-order valence-electron chi connectivity index (χ1n) is 5.28. The minimum atomic E-state index is -4.13. The van der Waals surface area contributed by atoms with Crippen molar-refractivity contribution in [1.29, 1.82) is 0 Å². The van der Waals surface area contributed by atoms with Crippen LogP contribution in [0, 0.1) is 6.92 Å². The molecule has 0 aliphatic carbocycles. The molecule has 0 aliphatic rings. The largest absolute Gasteiger partial charge is 0.390 e. The maximum absolute atomic E-state index is 12.4. The molecule has 16 heavy (non-hydrogen) atoms. The lowest BCUT2D eigenvalue weighted by molar-refractivity contribution is -0.140. The van der Waals surface area contributed by atoms with Crippen LogP contribution in [0.3, 0.4) is 0 Å². The molecule has 0 aromatic carbocycles. The quantitative estimate of drug-likeness (QED) is 0.832. The van der Waals surface area contributed by atoms with Crippen LogP contribution in [-0.2, 0) is 0 Å². The van der Waals surface area contributed by atoms with E-state index in [0.717, 1.165) is 16.9 Å². The Hall–Kier alpha value is -0.550. The lowest BCUT2D eigenvalue weighted by Gasteiger charge is -2.20. The normalized spacial score (nSPS) is 14.1. The SMILES string of the molecule is CCCNC(CC(F)(F)F)c1ccsc1C. The third kappa shape index (κ3) is 4.14. The van der Waals surface area contributed by atoms with Crippen molar-refractivity contribution < 1.29 is 13.2 Å². The molecule has 0 radical (unpaired) electrons. The van der Waals surface area contributed by atoms with Gasteiger partial charge >= 0.3 is 6.18 Å². The number of hydrogen-bond donors (Lipinski definition) is 1. The fraction of sp³-hybridized carbons (Fsp3) is 0.636. The van der Waals surface area contributed by atoms with Crippen LogP contribution < -0.4 is 5.32 Å². The maximum atomic E-state index is 12.4. The Kier molecular flexibility index (Phi) is 4.80. The molecule has 0 bridgehead atoms. The second kappa shape index (κ2) is 5.68. The molecule has 92 valence electrons. The van der Waals surface area contributed by atoms with E-state index in [0.29, 0.717) is 6.54 Å². The highest BCUT2D eigenvalue weighted by Gasteiger charge is 2.33. The third-order valence-corrected chi connectivity index (χ3v) is 3.21. The molecular formula is C11H16F3NS. The molecule has 1 atom stereocenters. The molecule has 1 heterocycles. The molecule has 1 unspecified atom stereocenters. The fourth-order valence-corrected chi connectivity index (χ4v) is 2.36. The van der Waals surface area contributed by atoms with E-state index in [1.165, 1.54) is 11.3 Å². The van der Waals surface area contributed by atoms with Gasteiger partial charge in [-0.1, -0.05) is 6.92 Å². The molecule has 0 spiro atoms. The van der Waals surface area contributed by atoms with Crippen LogP contribution in [-0.4, -0.2) is 12.7 Å². The van der Waals surface area contributed by atoms with Gasteiger partial charge in [0.05, 0.1) is 6.42 Å². The van der Waals surface area contributed by atoms with E-state index in [-0.39, 0.29) is 0 Å². The molecule has 1 aromatic rings. The van der Waals surface area contributed by atoms with Crippen LogP contribution in [0.25, 0.3) is 0 Å². The number of aryl methyl sites for hydroxylation is 1. The first-order chi connectivity index (χ1) is 7.44. The van der Waals surface area contributed by atoms with E-state index in [1.54, 1.807) is 6.07 Å². The zero-order valence-corrected chi connectivity index (χ0v) is 10.2. The topological polar surface area (TPSA) is 12.0 Å². The minimum absolute atomic E-state index is 0.605. The zero-order valence-electron chi connectivity index (χ0n) is 9.40. The van der Waals surface area contributed by atoms with Gasteiger partial charge in [-0.15, -0.1) is 11.3 Å². The Morgan fingerprint density at radius 3 is 2.56 bits per heavy atom. The highest BCUT2D eigenvalue weighted by Crippen LogP contribution is 2.32. The van der Waals surface area contributed by atoms with Gasteiger partial charge in [0.15, 0.2) is 0 Å². The van der Waals surface area contributed by atoms with Crippen molar-refractivity contribution in [2.24, 2.45) is 0 Å². The van der Waals surface area contributed by atoms with Crippen LogP contribution in [0.5, 0.6) is 0 Å². The summed E-state index contributed by atoms with van der Waals surface area (Å²) in [6, 6.07) is 1.17. The summed E-state index contributed by atoms with van der Waals surface area (Å²) >= 11 is 1.48. The molecule has 0 saturated carbocycles. The molecule has 1 nitrogen and oxygen atoms in total. The van der Waals surface area contributed by atoms with Gasteiger partial charge in [0, 0.05) is 10.9 Å². The number of rotatable bonds is 5. The second-order valence-electron chi connectivity index (χ2n) is 3.76. The van der Waals surface area contributed by atoms with E-state index >= 15 is 0 Å². The molecule has 1 N–H and O–H groups in total. The Balaban J connectivity index is 2.75. The average molecular weight is 251 g/mol. The van der Waals surface area contributed by atoms with Gasteiger partial charge in [0.25, 0.3) is 0 Å². The highest BCUT2D eigenvalue weighted by molar-refractivity contribution is 7.10. The van der Waals surface area contributed by atoms with Gasteiger partial charge < -0.3 is 5.32 Å². The zero-order chi connectivity index (χ0) is 12.2. The van der Waals surface area contributed by atoms with E-state index < -0.39 is 18.6 Å². The summed E-state index contributed by atoms with van der Waals surface area (Å²) in [7, 11) is 0. The Labute approximate surface area is 97.7 Å². The summed E-state index contributed by atoms with van der Waals surface area (Å²) in [5.41, 5.74) is 0.774. The lowest BCUT2D eigenvalue weighted by atomic mass is 10.0. The molecule has 5 heteroatoms. The number of nitrogens with one attached hydrogen (secondary N) is 1. The predicted octanol–water partition coefficient (Wildman–Crippen LogP) is 4.05. The van der Waals surface area contributed by atoms with Gasteiger partial charge in [0.1, 0.15) is 0 Å². The monoisotopic (exact) mass is 251 g/mol. The Morgan fingerprint density at radius 2 is 2.12 bits per heavy atom. The summed E-state index contributed by atoms with van der Waals surface area (Å²) < 4.78 is 37.3. The average Bonchev–Trinajstić information content (AvgIpc) is 2.57. The van der Waals surface area contributed by atoms with Crippen LogP contribution in [0.4, 0.5) is 13.2 Å². The van der Waals surface area contributed by atoms with Crippen molar-refractivity contribution in [3.05, 3.63) is 21.9 Å². The van der Waals surface area contributed by atoms with Crippen LogP contribution >= 0.6 is 11.3 Å². The second-order valence-corrected chi connectivity index (χ2v) is 4.88. The summed E-state index contributed by atoms with van der Waals surface area (Å²) in [4.78, 5) is 0.956. The summed E-state index contributed by atoms with van der Waals surface area (Å²) in [6.45, 7) is 4.41. The highest BCUT2D eigenvalue weighted by atomic mass is 32.1. The first kappa shape index (κ1) is 13.5. The summed E-state index contributed by atoms with van der Waals surface area (Å²) in [5, 5.41) is 4.79. The van der Waals surface area contributed by atoms with Gasteiger partial charge in [-0.25, -0.2) is 0 Å². The van der Waals surface area contributed by atoms with Crippen LogP contribution in [0.2, 0.25) is 0 Å². The standard InChI is InChI=1S/C11H16F3NS/c1-3-5-15-10(7-11(12,13)14)9-4-6-16-8(9)2/h4,6,10,15H,3,5,7H2,1-2H3. The van der Waals surface area contributed by atoms with E-state index in [1.807, 2.05) is 19.2 Å². The molecule has 0 saturated heterocycles. The van der Waals surface area contributed by atoms with Crippen LogP contribution in [0.1, 0.15) is 36.2 Å². The molecule has 1 aromatic heterocycles. The Bertz CT molecular complexity index is 319. The van der Waals surface area contributed by atoms with Gasteiger partial charge in [-0.05, 0) is 36.9 Å². The maximum Gasteiger partial charge on any atom is 0.390 e. The number of hydrogen-bond acceptors (Lipinski definition) is 2. The van der Waals surface area contributed by atoms with Crippen molar-refractivity contribution in [3.8, 4) is 0 Å². The molecule has 0 fully saturated rings. The summed E-state index contributed by atoms with van der Waals surface area (Å²) in [5.74, 6) is 0. The third-order valence-electron chi connectivity index (χ3n) is 2.35. The fourth-order valence-electron chi connectivity index (χ4n) is 1.60. The van der Waals surface area contributed by atoms with Crippen molar-refractivity contribution >= 4 is 11.3 Å². The first-order valence-corrected chi connectivity index (χ1v) is 6.16. The van der Waals surface area contributed by atoms with Gasteiger partial charge in [0.2, 0.25) is 0 Å². The Morgan fingerprint density at radius 1 is 1.44 bits per heavy atom. The molecule has 0 aliphatic heterocycles. The van der Waals surface area contributed by atoms with E-state index in [2.05, 4.69) is 5.32 Å². The molecular weight excluding hydrogens is 235 g/mol. The number of thiophene rings is 1. The van der Waals surface area contributed by atoms with Crippen molar-refractivity contribution in [2.75, 3.05) is 6.54 Å².